The van der Waals surface area contributed by atoms with E-state index >= 15 is 0 Å². The average Bonchev–Trinajstić information content (AvgIpc) is 2.32. The summed E-state index contributed by atoms with van der Waals surface area (Å²) in [5.41, 5.74) is 0.344. The zero-order valence-corrected chi connectivity index (χ0v) is 12.4. The van der Waals surface area contributed by atoms with Gasteiger partial charge in [-0.3, -0.25) is 0 Å². The number of hydrogen-bond acceptors (Lipinski definition) is 2. The number of nitrogens with one attached hydrogen (secondary N) is 1. The molecule has 1 fully saturated rings. The predicted molar refractivity (Wildman–Crippen MR) is 74.3 cm³/mol. The molecule has 2 heteroatoms. The molecule has 1 saturated carbocycles. The lowest BCUT2D eigenvalue weighted by atomic mass is 9.61. The lowest BCUT2D eigenvalue weighted by Gasteiger charge is -2.54. The first-order chi connectivity index (χ1) is 8.08. The summed E-state index contributed by atoms with van der Waals surface area (Å²) < 4.78 is 6.20. The average molecular weight is 241 g/mol. The van der Waals surface area contributed by atoms with Gasteiger partial charge in [0.2, 0.25) is 0 Å². The van der Waals surface area contributed by atoms with Crippen LogP contribution in [0.2, 0.25) is 0 Å². The molecule has 0 aromatic carbocycles. The summed E-state index contributed by atoms with van der Waals surface area (Å²) in [4.78, 5) is 0. The van der Waals surface area contributed by atoms with Crippen molar-refractivity contribution in [1.82, 2.24) is 5.32 Å². The molecule has 0 spiro atoms. The molecular formula is C15H31NO. The fraction of sp³-hybridized carbons (Fsp3) is 1.00. The van der Waals surface area contributed by atoms with Gasteiger partial charge in [0, 0.05) is 11.5 Å². The van der Waals surface area contributed by atoms with Crippen LogP contribution in [0.3, 0.4) is 0 Å². The molecule has 1 aliphatic rings. The second-order valence-corrected chi connectivity index (χ2v) is 5.83. The van der Waals surface area contributed by atoms with E-state index in [0.717, 1.165) is 6.54 Å². The molecular weight excluding hydrogens is 210 g/mol. The highest BCUT2D eigenvalue weighted by molar-refractivity contribution is 5.04. The largest absolute Gasteiger partial charge is 0.375 e. The van der Waals surface area contributed by atoms with Gasteiger partial charge < -0.3 is 10.1 Å². The Balaban J connectivity index is 2.43. The zero-order valence-electron chi connectivity index (χ0n) is 12.4. The SMILES string of the molecule is CCCNC1CC(OC(C)CCC)C1(C)CC. The molecule has 1 aliphatic carbocycles. The molecule has 102 valence electrons. The van der Waals surface area contributed by atoms with Crippen LogP contribution in [0.1, 0.15) is 66.7 Å². The van der Waals surface area contributed by atoms with Gasteiger partial charge in [0.1, 0.15) is 0 Å². The Kier molecular flexibility index (Phi) is 5.94. The first-order valence-corrected chi connectivity index (χ1v) is 7.47. The summed E-state index contributed by atoms with van der Waals surface area (Å²) in [6.45, 7) is 12.5. The Hall–Kier alpha value is -0.0800. The monoisotopic (exact) mass is 241 g/mol. The predicted octanol–water partition coefficient (Wildman–Crippen LogP) is 3.75. The fourth-order valence-electron chi connectivity index (χ4n) is 2.89. The molecule has 0 aromatic heterocycles. The highest BCUT2D eigenvalue weighted by Gasteiger charge is 2.51. The second kappa shape index (κ2) is 6.75. The lowest BCUT2D eigenvalue weighted by molar-refractivity contribution is -0.154. The molecule has 1 rings (SSSR count). The van der Waals surface area contributed by atoms with Crippen LogP contribution >= 0.6 is 0 Å². The van der Waals surface area contributed by atoms with Crippen LogP contribution in [0, 0.1) is 5.41 Å². The van der Waals surface area contributed by atoms with Crippen molar-refractivity contribution < 1.29 is 4.74 Å². The smallest absolute Gasteiger partial charge is 0.0662 e. The van der Waals surface area contributed by atoms with Crippen molar-refractivity contribution in [3.63, 3.8) is 0 Å². The van der Waals surface area contributed by atoms with Crippen LogP contribution in [0.4, 0.5) is 0 Å². The third kappa shape index (κ3) is 3.45. The van der Waals surface area contributed by atoms with Gasteiger partial charge in [-0.1, -0.05) is 34.1 Å². The molecule has 0 radical (unpaired) electrons. The number of hydrogen-bond donors (Lipinski definition) is 1. The summed E-state index contributed by atoms with van der Waals surface area (Å²) in [6, 6.07) is 0.659. The number of rotatable bonds is 8. The van der Waals surface area contributed by atoms with E-state index in [1.165, 1.54) is 32.1 Å². The summed E-state index contributed by atoms with van der Waals surface area (Å²) in [5.74, 6) is 0. The quantitative estimate of drug-likeness (QED) is 0.699. The van der Waals surface area contributed by atoms with Crippen molar-refractivity contribution in [3.05, 3.63) is 0 Å². The molecule has 0 saturated heterocycles. The maximum absolute atomic E-state index is 6.20. The van der Waals surface area contributed by atoms with E-state index in [1.807, 2.05) is 0 Å². The van der Waals surface area contributed by atoms with Gasteiger partial charge in [0.05, 0.1) is 12.2 Å². The third-order valence-electron chi connectivity index (χ3n) is 4.48. The van der Waals surface area contributed by atoms with Gasteiger partial charge in [0.25, 0.3) is 0 Å². The van der Waals surface area contributed by atoms with Crippen LogP contribution in [0.15, 0.2) is 0 Å². The minimum absolute atomic E-state index is 0.344. The lowest BCUT2D eigenvalue weighted by Crippen LogP contribution is -2.62. The highest BCUT2D eigenvalue weighted by Crippen LogP contribution is 2.46. The maximum atomic E-state index is 6.20. The number of ether oxygens (including phenoxy) is 1. The van der Waals surface area contributed by atoms with Gasteiger partial charge >= 0.3 is 0 Å². The van der Waals surface area contributed by atoms with Gasteiger partial charge in [-0.05, 0) is 39.2 Å². The normalized spacial score (nSPS) is 34.4. The van der Waals surface area contributed by atoms with Gasteiger partial charge in [-0.25, -0.2) is 0 Å². The topological polar surface area (TPSA) is 21.3 Å². The summed E-state index contributed by atoms with van der Waals surface area (Å²) in [6.07, 6.45) is 6.90. The standard InChI is InChI=1S/C15H31NO/c1-6-9-12(4)17-14-11-13(16-10-7-2)15(14,5)8-3/h12-14,16H,6-11H2,1-5H3. The molecule has 17 heavy (non-hydrogen) atoms. The van der Waals surface area contributed by atoms with Gasteiger partial charge in [0.15, 0.2) is 0 Å². The van der Waals surface area contributed by atoms with Crippen molar-refractivity contribution in [3.8, 4) is 0 Å². The summed E-state index contributed by atoms with van der Waals surface area (Å²) in [5, 5.41) is 3.67. The maximum Gasteiger partial charge on any atom is 0.0662 e. The zero-order chi connectivity index (χ0) is 12.9. The van der Waals surface area contributed by atoms with Crippen molar-refractivity contribution in [2.45, 2.75) is 85.0 Å². The van der Waals surface area contributed by atoms with Crippen molar-refractivity contribution in [1.29, 1.82) is 0 Å². The molecule has 0 bridgehead atoms. The third-order valence-corrected chi connectivity index (χ3v) is 4.48. The molecule has 1 N–H and O–H groups in total. The second-order valence-electron chi connectivity index (χ2n) is 5.83. The first-order valence-electron chi connectivity index (χ1n) is 7.47. The molecule has 0 aromatic rings. The van der Waals surface area contributed by atoms with Crippen molar-refractivity contribution in [2.75, 3.05) is 6.54 Å². The molecule has 4 unspecified atom stereocenters. The molecule has 0 heterocycles. The fourth-order valence-corrected chi connectivity index (χ4v) is 2.89. The van der Waals surface area contributed by atoms with E-state index in [0.29, 0.717) is 23.7 Å². The molecule has 2 nitrogen and oxygen atoms in total. The summed E-state index contributed by atoms with van der Waals surface area (Å²) in [7, 11) is 0. The Bertz CT molecular complexity index is 219. The van der Waals surface area contributed by atoms with Crippen LogP contribution in [0.25, 0.3) is 0 Å². The van der Waals surface area contributed by atoms with Crippen LogP contribution in [-0.2, 0) is 4.74 Å². The van der Waals surface area contributed by atoms with Gasteiger partial charge in [-0.15, -0.1) is 0 Å². The van der Waals surface area contributed by atoms with E-state index in [1.54, 1.807) is 0 Å². The highest BCUT2D eigenvalue weighted by atomic mass is 16.5. The van der Waals surface area contributed by atoms with E-state index in [2.05, 4.69) is 39.9 Å². The summed E-state index contributed by atoms with van der Waals surface area (Å²) >= 11 is 0. The molecule has 0 amide bonds. The Morgan fingerprint density at radius 3 is 2.53 bits per heavy atom. The minimum atomic E-state index is 0.344. The first kappa shape index (κ1) is 15.0. The Morgan fingerprint density at radius 2 is 2.00 bits per heavy atom. The minimum Gasteiger partial charge on any atom is -0.375 e. The van der Waals surface area contributed by atoms with Crippen LogP contribution in [-0.4, -0.2) is 24.8 Å². The van der Waals surface area contributed by atoms with Gasteiger partial charge in [-0.2, -0.15) is 0 Å². The van der Waals surface area contributed by atoms with E-state index in [4.69, 9.17) is 4.74 Å². The van der Waals surface area contributed by atoms with E-state index in [-0.39, 0.29) is 0 Å². The van der Waals surface area contributed by atoms with Crippen LogP contribution < -0.4 is 5.32 Å². The Morgan fingerprint density at radius 1 is 1.29 bits per heavy atom. The van der Waals surface area contributed by atoms with Crippen LogP contribution in [0.5, 0.6) is 0 Å². The van der Waals surface area contributed by atoms with Crippen molar-refractivity contribution >= 4 is 0 Å². The Labute approximate surface area is 108 Å². The van der Waals surface area contributed by atoms with E-state index in [9.17, 15) is 0 Å². The van der Waals surface area contributed by atoms with E-state index < -0.39 is 0 Å². The molecule has 4 atom stereocenters. The van der Waals surface area contributed by atoms with Crippen molar-refractivity contribution in [2.24, 2.45) is 5.41 Å². The molecule has 0 aliphatic heterocycles.